The smallest absolute Gasteiger partial charge is 0.317 e. The van der Waals surface area contributed by atoms with Crippen LogP contribution in [-0.2, 0) is 15.1 Å². The third-order valence-electron chi connectivity index (χ3n) is 22.0. The number of hydrogen-bond donors (Lipinski definition) is 3. The number of amides is 4. The third-order valence-corrected chi connectivity index (χ3v) is 23.0. The van der Waals surface area contributed by atoms with E-state index >= 15 is 0 Å². The Kier molecular flexibility index (Phi) is 53.6. The molecule has 0 atom stereocenters. The summed E-state index contributed by atoms with van der Waals surface area (Å²) in [5.41, 5.74) is 6.54. The number of nitrogens with zero attached hydrogens (tertiary/aromatic N) is 24. The summed E-state index contributed by atoms with van der Waals surface area (Å²) >= 11 is 2.03. The standard InChI is InChI=1S/C9H15N.C8H14N2.C8H15NO.C8H13NO.C8H17N.C8H15N.C8H13N.C7H14N2O.2C7H14N2.C7H15NS.C6H10N2.2C5H9N3.C4H8N4/c1-8-6-5-7-10(8)9(2,3)4;1-7-9-5-6-10(7)8(2,3)4;2*1-8(2,3)9-6-4-5-7(9)10;3*1-8(2,3)9-6-4-5-7-9;1-7(2,3)9-5-4-8-6(9)10;1-7(2,3)9-5-4-8-6-9;1-7(2,3)9-6-4-5-8-9;1-7(2,3)8-4-5-9-6-8;1-6(2)8-5-3-4-7-8;1-5(2)8-4-6-3-7-8;1-5(2)8-4-3-6-7-8;1-4(2)8-3-5-6-7-8/h5-6H,1,7H2,2-4H3;5-6,9H,1H2,2-4H3;4-6H2,1-3H3;4,6H,5H2,1-3H3;4-7H2,1-3H3;4-5H,6-7H2,1-3H3;4-7H,1-3H3;4-5H2,1-3H3,(H,8,10);6H,4-5H2,1-3H3;4,6,8H,5H2,1-3H3;4-6H2,1-3H3;3-6H,1-2H3;2*3-5H,1-2H3;3-4H,1-2H3. The van der Waals surface area contributed by atoms with Crippen LogP contribution in [0.4, 0.5) is 4.79 Å². The summed E-state index contributed by atoms with van der Waals surface area (Å²) in [5, 5.41) is 33.9. The predicted octanol–water partition coefficient (Wildman–Crippen LogP) is 20.8. The molecule has 5 aromatic heterocycles. The molecule has 10 aliphatic heterocycles. The van der Waals surface area contributed by atoms with Gasteiger partial charge in [-0.1, -0.05) is 48.8 Å². The average molecular weight is 1920 g/mol. The first kappa shape index (κ1) is 125. The van der Waals surface area contributed by atoms with Crippen molar-refractivity contribution in [1.82, 2.24) is 129 Å². The number of rotatable bonds is 4. The van der Waals surface area contributed by atoms with Gasteiger partial charge in [-0.2, -0.15) is 10.2 Å². The molecule has 0 saturated carbocycles. The number of carbonyl (C=O) groups excluding carboxylic acids is 3. The molecule has 15 heterocycles. The Morgan fingerprint density at radius 1 is 0.434 bits per heavy atom. The molecule has 774 valence electrons. The number of tetrazole rings is 1. The van der Waals surface area contributed by atoms with E-state index in [9.17, 15) is 14.4 Å². The summed E-state index contributed by atoms with van der Waals surface area (Å²) in [7, 11) is 0. The fourth-order valence-corrected chi connectivity index (χ4v) is 14.7. The second-order valence-corrected chi connectivity index (χ2v) is 47.8. The minimum Gasteiger partial charge on any atom is -0.363 e. The second kappa shape index (κ2) is 58.2. The largest absolute Gasteiger partial charge is 0.363 e. The van der Waals surface area contributed by atoms with Gasteiger partial charge in [-0.15, -0.1) is 22.0 Å². The quantitative estimate of drug-likeness (QED) is 0.141. The average Bonchev–Trinajstić information content (AvgIpc) is 1.72. The maximum absolute atomic E-state index is 11.1. The van der Waals surface area contributed by atoms with E-state index in [0.29, 0.717) is 53.1 Å². The zero-order valence-corrected chi connectivity index (χ0v) is 94.1. The minimum absolute atomic E-state index is 0.0272. The van der Waals surface area contributed by atoms with Crippen molar-refractivity contribution in [2.75, 3.05) is 90.2 Å². The topological polar surface area (TPSA) is 260 Å². The fraction of sp³-hybridized carbons (Fsp3) is 0.714. The number of aliphatic imine (C=N–C) groups is 1. The van der Waals surface area contributed by atoms with Crippen molar-refractivity contribution in [3.05, 3.63) is 160 Å². The Morgan fingerprint density at radius 3 is 1.21 bits per heavy atom. The molecule has 0 unspecified atom stereocenters. The number of nitrogens with one attached hydrogen (secondary N) is 3. The maximum Gasteiger partial charge on any atom is 0.317 e. The molecule has 10 aliphatic rings. The number of urea groups is 1. The Morgan fingerprint density at radius 2 is 0.993 bits per heavy atom. The number of carbonyl (C=O) groups is 3. The number of hydrazine groups is 1. The lowest BCUT2D eigenvalue weighted by molar-refractivity contribution is -0.132. The Labute approximate surface area is 831 Å². The van der Waals surface area contributed by atoms with Gasteiger partial charge in [0.1, 0.15) is 24.8 Å². The van der Waals surface area contributed by atoms with Gasteiger partial charge in [0.15, 0.2) is 0 Å². The first-order valence-electron chi connectivity index (χ1n) is 49.3. The summed E-state index contributed by atoms with van der Waals surface area (Å²) in [6, 6.07) is 7.80. The van der Waals surface area contributed by atoms with Crippen LogP contribution in [0.25, 0.3) is 0 Å². The van der Waals surface area contributed by atoms with Gasteiger partial charge in [0.05, 0.1) is 19.1 Å². The Hall–Kier alpha value is -8.91. The maximum atomic E-state index is 11.1. The van der Waals surface area contributed by atoms with Gasteiger partial charge >= 0.3 is 6.03 Å². The summed E-state index contributed by atoms with van der Waals surface area (Å²) in [4.78, 5) is 60.9. The van der Waals surface area contributed by atoms with Crippen LogP contribution in [0.1, 0.15) is 340 Å². The molecule has 5 aromatic rings. The molecule has 4 amide bonds. The first-order chi connectivity index (χ1) is 62.4. The molecule has 0 radical (unpaired) electrons. The molecular weight excluding hydrogens is 1720 g/mol. The van der Waals surface area contributed by atoms with Crippen molar-refractivity contribution in [3.63, 3.8) is 0 Å². The number of allylic oxidation sites excluding steroid dienone is 1. The van der Waals surface area contributed by atoms with E-state index in [4.69, 9.17) is 0 Å². The molecule has 15 rings (SSSR count). The highest BCUT2D eigenvalue weighted by molar-refractivity contribution is 7.99. The Balaban J connectivity index is 0.000000729. The van der Waals surface area contributed by atoms with E-state index in [-0.39, 0.29) is 56.2 Å². The normalized spacial score (nSPS) is 17.2. The molecule has 30 nitrogen and oxygen atoms in total. The highest BCUT2D eigenvalue weighted by atomic mass is 32.2. The van der Waals surface area contributed by atoms with Crippen LogP contribution in [-0.4, -0.2) is 283 Å². The van der Waals surface area contributed by atoms with Crippen molar-refractivity contribution in [2.24, 2.45) is 4.99 Å². The van der Waals surface area contributed by atoms with Crippen LogP contribution in [0.15, 0.2) is 165 Å². The number of likely N-dealkylation sites (tertiary alicyclic amines) is 2. The molecule has 0 spiro atoms. The highest BCUT2D eigenvalue weighted by Gasteiger charge is 2.33. The van der Waals surface area contributed by atoms with E-state index in [1.807, 2.05) is 143 Å². The van der Waals surface area contributed by atoms with Gasteiger partial charge in [-0.3, -0.25) is 43.3 Å². The highest BCUT2D eigenvalue weighted by Crippen LogP contribution is 2.28. The second-order valence-electron chi connectivity index (χ2n) is 46.7. The predicted molar refractivity (Wildman–Crippen MR) is 573 cm³/mol. The van der Waals surface area contributed by atoms with Crippen LogP contribution in [0.2, 0.25) is 0 Å². The number of aromatic nitrogens is 13. The van der Waals surface area contributed by atoms with Crippen LogP contribution in [0.3, 0.4) is 0 Å². The molecule has 3 N–H and O–H groups in total. The molecule has 0 aliphatic carbocycles. The van der Waals surface area contributed by atoms with Gasteiger partial charge < -0.3 is 49.6 Å². The third kappa shape index (κ3) is 51.7. The fourth-order valence-electron chi connectivity index (χ4n) is 13.5. The van der Waals surface area contributed by atoms with Gasteiger partial charge in [0.25, 0.3) is 0 Å². The Bertz CT molecular complexity index is 3890. The first-order valence-corrected chi connectivity index (χ1v) is 50.5. The van der Waals surface area contributed by atoms with Crippen molar-refractivity contribution in [1.29, 1.82) is 0 Å². The lowest BCUT2D eigenvalue weighted by Crippen LogP contribution is -2.43. The molecule has 0 aromatic carbocycles. The van der Waals surface area contributed by atoms with E-state index in [1.54, 1.807) is 50.3 Å². The van der Waals surface area contributed by atoms with Crippen LogP contribution < -0.4 is 16.1 Å². The van der Waals surface area contributed by atoms with Crippen LogP contribution >= 0.6 is 11.8 Å². The van der Waals surface area contributed by atoms with Gasteiger partial charge in [-0.25, -0.2) is 19.9 Å². The summed E-state index contributed by atoms with van der Waals surface area (Å²) in [5.74, 6) is 4.01. The zero-order chi connectivity index (χ0) is 104. The van der Waals surface area contributed by atoms with Crippen molar-refractivity contribution >= 4 is 35.9 Å². The van der Waals surface area contributed by atoms with E-state index in [0.717, 1.165) is 83.3 Å². The minimum atomic E-state index is -0.0515. The molecule has 4 saturated heterocycles. The van der Waals surface area contributed by atoms with Gasteiger partial charge in [0, 0.05) is 230 Å². The number of thioether (sulfide) groups is 1. The number of hydrogen-bond acceptors (Lipinski definition) is 22. The van der Waals surface area contributed by atoms with E-state index < -0.39 is 0 Å². The molecule has 136 heavy (non-hydrogen) atoms. The summed E-state index contributed by atoms with van der Waals surface area (Å²) in [6.45, 7) is 109. The lowest BCUT2D eigenvalue weighted by atomic mass is 10.1. The van der Waals surface area contributed by atoms with Crippen molar-refractivity contribution in [2.45, 2.75) is 401 Å². The van der Waals surface area contributed by atoms with E-state index in [1.165, 1.54) is 44.1 Å². The monoisotopic (exact) mass is 1910 g/mol. The molecule has 31 heteroatoms. The summed E-state index contributed by atoms with van der Waals surface area (Å²) < 4.78 is 9.41. The van der Waals surface area contributed by atoms with Crippen LogP contribution in [0, 0.1) is 0 Å². The van der Waals surface area contributed by atoms with E-state index in [2.05, 4.69) is 392 Å². The molecular formula is C105H195N27O3S. The van der Waals surface area contributed by atoms with Crippen molar-refractivity contribution < 1.29 is 14.4 Å². The van der Waals surface area contributed by atoms with Gasteiger partial charge in [0.2, 0.25) is 11.8 Å². The SMILES string of the molecule is C=C1C=CCN1C(C)(C)C.C=C1NC=CN1C(C)(C)C.CC(C)(C)N1C=CCC1=O.CC(C)(C)N1C=CCN1.CC(C)(C)N1C=NCC1.CC(C)(C)N1CC=CC1.CC(C)(C)N1CCCC1.CC(C)(C)N1CCCC1=O.CC(C)(C)N1CCNC1=O.CC(C)(C)N1CCSC1.CC(C)(C)n1cccc1.CC(C)n1cccn1.CC(C)n1ccnn1.CC(C)n1cncn1.CC(C)n1cnnn1. The van der Waals surface area contributed by atoms with Gasteiger partial charge in [-0.05, 0) is 351 Å². The van der Waals surface area contributed by atoms with Crippen molar-refractivity contribution in [3.8, 4) is 0 Å². The van der Waals surface area contributed by atoms with Crippen LogP contribution in [0.5, 0.6) is 0 Å². The molecule has 4 fully saturated rings. The molecule has 0 bridgehead atoms. The zero-order valence-electron chi connectivity index (χ0n) is 93.3. The summed E-state index contributed by atoms with van der Waals surface area (Å²) in [6.07, 6.45) is 43.9. The lowest BCUT2D eigenvalue weighted by Gasteiger charge is -2.34.